The van der Waals surface area contributed by atoms with E-state index in [1.165, 1.54) is 0 Å². The number of ether oxygens (including phenoxy) is 1. The Hall–Kier alpha value is -2.36. The SMILES string of the molecule is COc1ccccc1C1C(C(C)=O)=C(C)NC2=C1C(=O)C(C)(C)CC2. The Morgan fingerprint density at radius 2 is 1.96 bits per heavy atom. The fourth-order valence-corrected chi connectivity index (χ4v) is 3.96. The molecule has 1 aromatic carbocycles. The lowest BCUT2D eigenvalue weighted by Gasteiger charge is -2.39. The van der Waals surface area contributed by atoms with Crippen molar-refractivity contribution in [2.45, 2.75) is 46.5 Å². The van der Waals surface area contributed by atoms with Gasteiger partial charge >= 0.3 is 0 Å². The minimum Gasteiger partial charge on any atom is -0.496 e. The Morgan fingerprint density at radius 3 is 2.60 bits per heavy atom. The Labute approximate surface area is 149 Å². The Balaban J connectivity index is 2.27. The summed E-state index contributed by atoms with van der Waals surface area (Å²) in [6, 6.07) is 7.65. The molecule has 0 saturated heterocycles. The third-order valence-electron chi connectivity index (χ3n) is 5.33. The molecule has 1 heterocycles. The second kappa shape index (κ2) is 6.17. The smallest absolute Gasteiger partial charge is 0.167 e. The standard InChI is InChI=1S/C21H25NO3/c1-12-17(13(2)23)18(14-8-6-7-9-16(14)25-5)19-15(22-12)10-11-21(3,4)20(19)24/h6-9,18,22H,10-11H2,1-5H3. The van der Waals surface area contributed by atoms with Crippen LogP contribution in [0.5, 0.6) is 5.75 Å². The van der Waals surface area contributed by atoms with Gasteiger partial charge in [-0.05, 0) is 32.8 Å². The molecule has 2 aliphatic rings. The van der Waals surface area contributed by atoms with Crippen molar-refractivity contribution in [2.75, 3.05) is 7.11 Å². The van der Waals surface area contributed by atoms with Gasteiger partial charge in [-0.25, -0.2) is 0 Å². The molecule has 1 N–H and O–H groups in total. The minimum absolute atomic E-state index is 0.0244. The fourth-order valence-electron chi connectivity index (χ4n) is 3.96. The van der Waals surface area contributed by atoms with Crippen LogP contribution in [0.1, 0.15) is 52.0 Å². The van der Waals surface area contributed by atoms with Crippen molar-refractivity contribution in [3.05, 3.63) is 52.4 Å². The van der Waals surface area contributed by atoms with Crippen LogP contribution < -0.4 is 10.1 Å². The van der Waals surface area contributed by atoms with Crippen LogP contribution in [0.4, 0.5) is 0 Å². The predicted molar refractivity (Wildman–Crippen MR) is 97.3 cm³/mol. The lowest BCUT2D eigenvalue weighted by molar-refractivity contribution is -0.124. The van der Waals surface area contributed by atoms with Crippen LogP contribution in [-0.2, 0) is 9.59 Å². The van der Waals surface area contributed by atoms with E-state index in [2.05, 4.69) is 5.32 Å². The van der Waals surface area contributed by atoms with Crippen molar-refractivity contribution in [3.63, 3.8) is 0 Å². The molecule has 0 bridgehead atoms. The van der Waals surface area contributed by atoms with Gasteiger partial charge in [0.2, 0.25) is 0 Å². The number of carbonyl (C=O) groups excluding carboxylic acids is 2. The average Bonchev–Trinajstić information content (AvgIpc) is 2.57. The second-order valence-electron chi connectivity index (χ2n) is 7.50. The molecule has 1 aromatic rings. The van der Waals surface area contributed by atoms with E-state index in [-0.39, 0.29) is 17.5 Å². The van der Waals surface area contributed by atoms with Crippen molar-refractivity contribution in [2.24, 2.45) is 5.41 Å². The number of Topliss-reactive ketones (excluding diaryl/α,β-unsaturated/α-hetero) is 2. The Morgan fingerprint density at radius 1 is 1.28 bits per heavy atom. The summed E-state index contributed by atoms with van der Waals surface area (Å²) in [7, 11) is 1.62. The molecule has 4 nitrogen and oxygen atoms in total. The number of nitrogens with one attached hydrogen (secondary N) is 1. The highest BCUT2D eigenvalue weighted by molar-refractivity contribution is 6.07. The number of carbonyl (C=O) groups is 2. The number of methoxy groups -OCH3 is 1. The van der Waals surface area contributed by atoms with E-state index in [9.17, 15) is 9.59 Å². The van der Waals surface area contributed by atoms with E-state index in [0.717, 1.165) is 35.4 Å². The highest BCUT2D eigenvalue weighted by Crippen LogP contribution is 2.48. The Kier molecular flexibility index (Phi) is 4.31. The highest BCUT2D eigenvalue weighted by Gasteiger charge is 2.44. The van der Waals surface area contributed by atoms with E-state index in [1.807, 2.05) is 45.0 Å². The number of allylic oxidation sites excluding steroid dienone is 4. The summed E-state index contributed by atoms with van der Waals surface area (Å²) in [5, 5.41) is 3.33. The number of ketones is 2. The van der Waals surface area contributed by atoms with Crippen molar-refractivity contribution < 1.29 is 14.3 Å². The van der Waals surface area contributed by atoms with Crippen LogP contribution in [0.3, 0.4) is 0 Å². The first-order valence-electron chi connectivity index (χ1n) is 8.67. The number of benzene rings is 1. The largest absolute Gasteiger partial charge is 0.496 e. The van der Waals surface area contributed by atoms with Gasteiger partial charge in [0, 0.05) is 39.4 Å². The monoisotopic (exact) mass is 339 g/mol. The molecule has 0 radical (unpaired) electrons. The van der Waals surface area contributed by atoms with Gasteiger partial charge < -0.3 is 10.1 Å². The highest BCUT2D eigenvalue weighted by atomic mass is 16.5. The molecule has 3 rings (SSSR count). The van der Waals surface area contributed by atoms with E-state index in [4.69, 9.17) is 4.74 Å². The fraction of sp³-hybridized carbons (Fsp3) is 0.429. The molecule has 1 unspecified atom stereocenters. The first-order valence-corrected chi connectivity index (χ1v) is 8.67. The van der Waals surface area contributed by atoms with Gasteiger partial charge in [0.15, 0.2) is 11.6 Å². The normalized spacial score (nSPS) is 22.4. The van der Waals surface area contributed by atoms with Crippen LogP contribution in [0, 0.1) is 5.41 Å². The molecule has 25 heavy (non-hydrogen) atoms. The Bertz CT molecular complexity index is 814. The number of rotatable bonds is 3. The zero-order valence-corrected chi connectivity index (χ0v) is 15.5. The van der Waals surface area contributed by atoms with Gasteiger partial charge in [-0.1, -0.05) is 32.0 Å². The van der Waals surface area contributed by atoms with Crippen LogP contribution >= 0.6 is 0 Å². The van der Waals surface area contributed by atoms with Crippen LogP contribution in [0.15, 0.2) is 46.8 Å². The first kappa shape index (κ1) is 17.5. The maximum absolute atomic E-state index is 13.3. The third kappa shape index (κ3) is 2.80. The third-order valence-corrected chi connectivity index (χ3v) is 5.33. The lowest BCUT2D eigenvalue weighted by Crippen LogP contribution is -2.40. The summed E-state index contributed by atoms with van der Waals surface area (Å²) in [6.07, 6.45) is 1.61. The molecular formula is C21H25NO3. The first-order chi connectivity index (χ1) is 11.8. The van der Waals surface area contributed by atoms with Gasteiger partial charge in [-0.3, -0.25) is 9.59 Å². The summed E-state index contributed by atoms with van der Waals surface area (Å²) in [5.74, 6) is 0.410. The molecule has 1 aliphatic heterocycles. The van der Waals surface area contributed by atoms with E-state index in [1.54, 1.807) is 14.0 Å². The van der Waals surface area contributed by atoms with E-state index in [0.29, 0.717) is 11.3 Å². The van der Waals surface area contributed by atoms with Gasteiger partial charge in [0.05, 0.1) is 7.11 Å². The van der Waals surface area contributed by atoms with Crippen molar-refractivity contribution >= 4 is 11.6 Å². The quantitative estimate of drug-likeness (QED) is 0.908. The van der Waals surface area contributed by atoms with Crippen molar-refractivity contribution in [1.29, 1.82) is 0 Å². The maximum atomic E-state index is 13.3. The second-order valence-corrected chi connectivity index (χ2v) is 7.50. The summed E-state index contributed by atoms with van der Waals surface area (Å²) in [4.78, 5) is 25.7. The van der Waals surface area contributed by atoms with Crippen LogP contribution in [-0.4, -0.2) is 18.7 Å². The average molecular weight is 339 g/mol. The van der Waals surface area contributed by atoms with Gasteiger partial charge in [0.1, 0.15) is 5.75 Å². The minimum atomic E-state index is -0.423. The zero-order chi connectivity index (χ0) is 18.4. The van der Waals surface area contributed by atoms with Gasteiger partial charge in [-0.15, -0.1) is 0 Å². The molecule has 0 spiro atoms. The molecule has 4 heteroatoms. The lowest BCUT2D eigenvalue weighted by atomic mass is 9.66. The molecule has 1 aliphatic carbocycles. The van der Waals surface area contributed by atoms with Gasteiger partial charge in [-0.2, -0.15) is 0 Å². The van der Waals surface area contributed by atoms with E-state index < -0.39 is 5.41 Å². The zero-order valence-electron chi connectivity index (χ0n) is 15.5. The number of hydrogen-bond donors (Lipinski definition) is 1. The summed E-state index contributed by atoms with van der Waals surface area (Å²) in [5.41, 5.74) is 3.59. The number of para-hydroxylation sites is 1. The van der Waals surface area contributed by atoms with Crippen LogP contribution in [0.25, 0.3) is 0 Å². The van der Waals surface area contributed by atoms with Crippen molar-refractivity contribution in [1.82, 2.24) is 5.32 Å². The molecular weight excluding hydrogens is 314 g/mol. The van der Waals surface area contributed by atoms with Crippen LogP contribution in [0.2, 0.25) is 0 Å². The molecule has 132 valence electrons. The molecule has 0 aromatic heterocycles. The molecule has 0 amide bonds. The van der Waals surface area contributed by atoms with Gasteiger partial charge in [0.25, 0.3) is 0 Å². The molecule has 0 saturated carbocycles. The molecule has 1 atom stereocenters. The maximum Gasteiger partial charge on any atom is 0.167 e. The number of hydrogen-bond acceptors (Lipinski definition) is 4. The number of dihydropyridines is 1. The van der Waals surface area contributed by atoms with E-state index >= 15 is 0 Å². The summed E-state index contributed by atoms with van der Waals surface area (Å²) >= 11 is 0. The molecule has 0 fully saturated rings. The predicted octanol–water partition coefficient (Wildman–Crippen LogP) is 3.89. The topological polar surface area (TPSA) is 55.4 Å². The summed E-state index contributed by atoms with van der Waals surface area (Å²) < 4.78 is 5.54. The summed E-state index contributed by atoms with van der Waals surface area (Å²) in [6.45, 7) is 7.44. The van der Waals surface area contributed by atoms with Crippen molar-refractivity contribution in [3.8, 4) is 5.75 Å².